The fourth-order valence-corrected chi connectivity index (χ4v) is 3.85. The summed E-state index contributed by atoms with van der Waals surface area (Å²) in [7, 11) is 0. The Morgan fingerprint density at radius 3 is 1.03 bits per heavy atom. The van der Waals surface area contributed by atoms with Crippen LogP contribution in [0.3, 0.4) is 0 Å². The van der Waals surface area contributed by atoms with Gasteiger partial charge in [-0.1, -0.05) is 127 Å². The van der Waals surface area contributed by atoms with E-state index < -0.39 is 0 Å². The van der Waals surface area contributed by atoms with Gasteiger partial charge in [0.05, 0.1) is 23.8 Å². The molecule has 0 aliphatic carbocycles. The average Bonchev–Trinajstić information content (AvgIpc) is 3.00. The first-order chi connectivity index (χ1) is 18.9. The molecule has 4 aromatic carbocycles. The zero-order valence-corrected chi connectivity index (χ0v) is 20.7. The SMILES string of the molecule is C(=NN=C(c1ccccc1)c1ccccc1)c1cccc(C=NN=C(c2ccccc2)c2ccccc2)n1. The fraction of sp³-hybridized carbons (Fsp3) is 0. The van der Waals surface area contributed by atoms with Gasteiger partial charge >= 0.3 is 0 Å². The van der Waals surface area contributed by atoms with Crippen molar-refractivity contribution in [3.63, 3.8) is 0 Å². The number of pyridine rings is 1. The summed E-state index contributed by atoms with van der Waals surface area (Å²) in [5, 5.41) is 17.8. The number of hydrogen-bond acceptors (Lipinski definition) is 5. The van der Waals surface area contributed by atoms with E-state index in [0.29, 0.717) is 11.4 Å². The second-order valence-corrected chi connectivity index (χ2v) is 8.34. The Bertz CT molecular complexity index is 1370. The minimum atomic E-state index is 0.675. The number of hydrogen-bond donors (Lipinski definition) is 0. The standard InChI is InChI=1S/C33H25N5/c1-5-14-26(15-6-1)32(27-16-7-2-8-17-27)37-34-24-30-22-13-23-31(36-30)25-35-38-33(28-18-9-3-10-19-28)29-20-11-4-12-21-29/h1-25H. The van der Waals surface area contributed by atoms with Crippen LogP contribution in [0.2, 0.25) is 0 Å². The van der Waals surface area contributed by atoms with Crippen molar-refractivity contribution in [2.24, 2.45) is 20.4 Å². The summed E-state index contributed by atoms with van der Waals surface area (Å²) in [6.07, 6.45) is 3.29. The van der Waals surface area contributed by atoms with Crippen molar-refractivity contribution >= 4 is 23.9 Å². The van der Waals surface area contributed by atoms with E-state index in [1.54, 1.807) is 12.4 Å². The summed E-state index contributed by atoms with van der Waals surface area (Å²) in [5.41, 5.74) is 6.92. The van der Waals surface area contributed by atoms with Crippen molar-refractivity contribution in [2.45, 2.75) is 0 Å². The quantitative estimate of drug-likeness (QED) is 0.173. The maximum Gasteiger partial charge on any atom is 0.100 e. The van der Waals surface area contributed by atoms with Crippen LogP contribution >= 0.6 is 0 Å². The highest BCUT2D eigenvalue weighted by atomic mass is 15.2. The van der Waals surface area contributed by atoms with E-state index in [1.165, 1.54) is 0 Å². The van der Waals surface area contributed by atoms with Crippen molar-refractivity contribution in [3.05, 3.63) is 173 Å². The van der Waals surface area contributed by atoms with Crippen molar-refractivity contribution in [1.29, 1.82) is 0 Å². The highest BCUT2D eigenvalue weighted by molar-refractivity contribution is 6.13. The number of rotatable bonds is 8. The summed E-state index contributed by atoms with van der Waals surface area (Å²) >= 11 is 0. The fourth-order valence-electron chi connectivity index (χ4n) is 3.85. The molecule has 5 aromatic rings. The van der Waals surface area contributed by atoms with Gasteiger partial charge in [0.2, 0.25) is 0 Å². The smallest absolute Gasteiger partial charge is 0.100 e. The van der Waals surface area contributed by atoms with E-state index in [9.17, 15) is 0 Å². The van der Waals surface area contributed by atoms with Gasteiger partial charge in [0.1, 0.15) is 11.4 Å². The first-order valence-electron chi connectivity index (χ1n) is 12.3. The molecule has 0 aliphatic heterocycles. The molecule has 5 rings (SSSR count). The molecule has 0 radical (unpaired) electrons. The van der Waals surface area contributed by atoms with Crippen LogP contribution in [-0.2, 0) is 0 Å². The van der Waals surface area contributed by atoms with Gasteiger partial charge in [0, 0.05) is 22.3 Å². The molecular weight excluding hydrogens is 466 g/mol. The van der Waals surface area contributed by atoms with E-state index in [1.807, 2.05) is 140 Å². The number of nitrogens with zero attached hydrogens (tertiary/aromatic N) is 5. The van der Waals surface area contributed by atoms with Gasteiger partial charge in [0.25, 0.3) is 0 Å². The minimum absolute atomic E-state index is 0.675. The van der Waals surface area contributed by atoms with E-state index in [-0.39, 0.29) is 0 Å². The molecule has 0 saturated carbocycles. The molecule has 0 N–H and O–H groups in total. The van der Waals surface area contributed by atoms with Crippen LogP contribution < -0.4 is 0 Å². The molecule has 0 amide bonds. The van der Waals surface area contributed by atoms with Crippen molar-refractivity contribution in [2.75, 3.05) is 0 Å². The Morgan fingerprint density at radius 2 is 0.711 bits per heavy atom. The molecule has 0 fully saturated rings. The van der Waals surface area contributed by atoms with Gasteiger partial charge in [-0.25, -0.2) is 4.98 Å². The highest BCUT2D eigenvalue weighted by Crippen LogP contribution is 2.12. The van der Waals surface area contributed by atoms with Crippen LogP contribution in [0.5, 0.6) is 0 Å². The Labute approximate surface area is 222 Å². The second-order valence-electron chi connectivity index (χ2n) is 8.34. The van der Waals surface area contributed by atoms with Crippen LogP contribution in [0.1, 0.15) is 33.6 Å². The molecule has 0 saturated heterocycles. The minimum Gasteiger partial charge on any atom is -0.246 e. The van der Waals surface area contributed by atoms with Crippen LogP contribution in [0.15, 0.2) is 160 Å². The molecule has 182 valence electrons. The maximum absolute atomic E-state index is 4.62. The zero-order valence-electron chi connectivity index (χ0n) is 20.7. The van der Waals surface area contributed by atoms with Crippen molar-refractivity contribution in [3.8, 4) is 0 Å². The molecule has 0 atom stereocenters. The molecule has 0 aliphatic rings. The topological polar surface area (TPSA) is 62.3 Å². The van der Waals surface area contributed by atoms with Gasteiger partial charge < -0.3 is 0 Å². The molecule has 38 heavy (non-hydrogen) atoms. The molecule has 5 heteroatoms. The monoisotopic (exact) mass is 491 g/mol. The number of aromatic nitrogens is 1. The summed E-state index contributed by atoms with van der Waals surface area (Å²) in [4.78, 5) is 4.62. The Kier molecular flexibility index (Phi) is 8.10. The maximum atomic E-state index is 4.62. The summed E-state index contributed by atoms with van der Waals surface area (Å²) in [6.45, 7) is 0. The Hall–Kier alpha value is -5.29. The highest BCUT2D eigenvalue weighted by Gasteiger charge is 2.07. The predicted octanol–water partition coefficient (Wildman–Crippen LogP) is 6.82. The zero-order chi connectivity index (χ0) is 25.8. The van der Waals surface area contributed by atoms with E-state index in [4.69, 9.17) is 0 Å². The third-order valence-electron chi connectivity index (χ3n) is 5.68. The summed E-state index contributed by atoms with van der Waals surface area (Å²) < 4.78 is 0. The molecule has 0 bridgehead atoms. The van der Waals surface area contributed by atoms with Gasteiger partial charge in [-0.2, -0.15) is 10.2 Å². The molecule has 0 unspecified atom stereocenters. The van der Waals surface area contributed by atoms with Gasteiger partial charge in [-0.3, -0.25) is 0 Å². The lowest BCUT2D eigenvalue weighted by Gasteiger charge is -2.05. The van der Waals surface area contributed by atoms with Crippen LogP contribution in [0.4, 0.5) is 0 Å². The average molecular weight is 492 g/mol. The van der Waals surface area contributed by atoms with Crippen LogP contribution in [-0.4, -0.2) is 28.8 Å². The first-order valence-corrected chi connectivity index (χ1v) is 12.3. The van der Waals surface area contributed by atoms with Gasteiger partial charge in [-0.05, 0) is 12.1 Å². The van der Waals surface area contributed by atoms with Crippen molar-refractivity contribution < 1.29 is 0 Å². The molecular formula is C33H25N5. The van der Waals surface area contributed by atoms with E-state index in [2.05, 4.69) is 25.4 Å². The van der Waals surface area contributed by atoms with Gasteiger partial charge in [0.15, 0.2) is 0 Å². The van der Waals surface area contributed by atoms with E-state index in [0.717, 1.165) is 33.7 Å². The Morgan fingerprint density at radius 1 is 0.395 bits per heavy atom. The summed E-state index contributed by atoms with van der Waals surface area (Å²) in [6, 6.07) is 45.7. The van der Waals surface area contributed by atoms with Crippen LogP contribution in [0, 0.1) is 0 Å². The van der Waals surface area contributed by atoms with E-state index >= 15 is 0 Å². The normalized spacial score (nSPS) is 10.9. The van der Waals surface area contributed by atoms with Gasteiger partial charge in [-0.15, -0.1) is 10.2 Å². The lowest BCUT2D eigenvalue weighted by molar-refractivity contribution is 1.20. The molecule has 1 heterocycles. The third-order valence-corrected chi connectivity index (χ3v) is 5.68. The number of benzene rings is 4. The molecule has 1 aromatic heterocycles. The lowest BCUT2D eigenvalue weighted by Crippen LogP contribution is -2.02. The second kappa shape index (κ2) is 12.6. The van der Waals surface area contributed by atoms with Crippen LogP contribution in [0.25, 0.3) is 0 Å². The first kappa shape index (κ1) is 24.4. The lowest BCUT2D eigenvalue weighted by atomic mass is 10.0. The third kappa shape index (κ3) is 6.47. The predicted molar refractivity (Wildman–Crippen MR) is 156 cm³/mol. The largest absolute Gasteiger partial charge is 0.246 e. The Balaban J connectivity index is 1.38. The molecule has 0 spiro atoms. The molecule has 5 nitrogen and oxygen atoms in total. The summed E-state index contributed by atoms with van der Waals surface area (Å²) in [5.74, 6) is 0. The van der Waals surface area contributed by atoms with Crippen molar-refractivity contribution in [1.82, 2.24) is 4.98 Å².